The van der Waals surface area contributed by atoms with Crippen LogP contribution in [0.2, 0.25) is 0 Å². The maximum absolute atomic E-state index is 2.55. The quantitative estimate of drug-likeness (QED) is 0.186. The number of fused-ring (bicyclic) bond motifs is 6. The highest BCUT2D eigenvalue weighted by molar-refractivity contribution is 7.26. The maximum Gasteiger partial charge on any atom is 0.0468 e. The van der Waals surface area contributed by atoms with Crippen LogP contribution in [0, 0.1) is 23.7 Å². The normalized spacial score (nSPS) is 24.8. The van der Waals surface area contributed by atoms with Crippen LogP contribution in [0.4, 0.5) is 17.1 Å². The molecular formula is C46H37NS. The first-order chi connectivity index (χ1) is 23.8. The molecule has 1 aromatic heterocycles. The zero-order chi connectivity index (χ0) is 31.4. The van der Waals surface area contributed by atoms with Crippen LogP contribution in [0.1, 0.15) is 43.2 Å². The fourth-order valence-electron chi connectivity index (χ4n) is 11.1. The molecule has 0 atom stereocenters. The Balaban J connectivity index is 1.08. The highest BCUT2D eigenvalue weighted by atomic mass is 32.1. The van der Waals surface area contributed by atoms with E-state index in [1.165, 1.54) is 91.6 Å². The third-order valence-electron chi connectivity index (χ3n) is 12.6. The van der Waals surface area contributed by atoms with Crippen LogP contribution in [0.3, 0.4) is 0 Å². The minimum Gasteiger partial charge on any atom is -0.310 e. The number of benzene rings is 6. The second-order valence-electron chi connectivity index (χ2n) is 15.0. The molecule has 1 nitrogen and oxygen atoms in total. The lowest BCUT2D eigenvalue weighted by atomic mass is 9.43. The minimum absolute atomic E-state index is 0.193. The molecule has 7 aromatic rings. The predicted octanol–water partition coefficient (Wildman–Crippen LogP) is 12.9. The third kappa shape index (κ3) is 3.73. The molecule has 0 radical (unpaired) electrons. The average molecular weight is 636 g/mol. The van der Waals surface area contributed by atoms with Gasteiger partial charge in [0.2, 0.25) is 0 Å². The van der Waals surface area contributed by atoms with Gasteiger partial charge in [-0.25, -0.2) is 0 Å². The molecule has 5 aliphatic carbocycles. The number of anilines is 3. The Labute approximate surface area is 286 Å². The first-order valence-corrected chi connectivity index (χ1v) is 18.7. The average Bonchev–Trinajstić information content (AvgIpc) is 3.65. The highest BCUT2D eigenvalue weighted by Crippen LogP contribution is 2.69. The summed E-state index contributed by atoms with van der Waals surface area (Å²) in [4.78, 5) is 2.47. The van der Waals surface area contributed by atoms with E-state index in [0.29, 0.717) is 0 Å². The van der Waals surface area contributed by atoms with E-state index >= 15 is 0 Å². The molecule has 4 bridgehead atoms. The van der Waals surface area contributed by atoms with Crippen molar-refractivity contribution in [2.75, 3.05) is 4.90 Å². The molecule has 0 aliphatic heterocycles. The van der Waals surface area contributed by atoms with Gasteiger partial charge >= 0.3 is 0 Å². The van der Waals surface area contributed by atoms with Crippen LogP contribution >= 0.6 is 11.3 Å². The monoisotopic (exact) mass is 635 g/mol. The van der Waals surface area contributed by atoms with E-state index < -0.39 is 0 Å². The van der Waals surface area contributed by atoms with E-state index in [2.05, 4.69) is 144 Å². The van der Waals surface area contributed by atoms with Gasteiger partial charge in [0.25, 0.3) is 0 Å². The number of hydrogen-bond acceptors (Lipinski definition) is 2. The molecule has 2 heteroatoms. The Morgan fingerprint density at radius 2 is 1.12 bits per heavy atom. The van der Waals surface area contributed by atoms with Gasteiger partial charge in [0.05, 0.1) is 0 Å². The Morgan fingerprint density at radius 1 is 0.479 bits per heavy atom. The van der Waals surface area contributed by atoms with Crippen molar-refractivity contribution >= 4 is 48.6 Å². The lowest BCUT2D eigenvalue weighted by molar-refractivity contribution is -0.0399. The van der Waals surface area contributed by atoms with E-state index in [9.17, 15) is 0 Å². The van der Waals surface area contributed by atoms with Crippen LogP contribution in [-0.4, -0.2) is 0 Å². The molecule has 0 unspecified atom stereocenters. The smallest absolute Gasteiger partial charge is 0.0468 e. The van der Waals surface area contributed by atoms with Gasteiger partial charge in [0.15, 0.2) is 0 Å². The van der Waals surface area contributed by atoms with E-state index in [1.54, 1.807) is 11.1 Å². The highest BCUT2D eigenvalue weighted by Gasteiger charge is 2.61. The summed E-state index contributed by atoms with van der Waals surface area (Å²) in [7, 11) is 0. The lowest BCUT2D eigenvalue weighted by Crippen LogP contribution is -2.55. The van der Waals surface area contributed by atoms with Gasteiger partial charge in [-0.1, -0.05) is 97.1 Å². The lowest BCUT2D eigenvalue weighted by Gasteiger charge is -2.61. The van der Waals surface area contributed by atoms with Crippen LogP contribution in [-0.2, 0) is 5.41 Å². The third-order valence-corrected chi connectivity index (χ3v) is 13.8. The molecular weight excluding hydrogens is 599 g/mol. The number of para-hydroxylation sites is 1. The Hall–Kier alpha value is -4.66. The molecule has 0 saturated heterocycles. The topological polar surface area (TPSA) is 3.24 Å². The molecule has 232 valence electrons. The Bertz CT molecular complexity index is 2350. The molecule has 6 aromatic carbocycles. The molecule has 1 spiro atoms. The van der Waals surface area contributed by atoms with Crippen molar-refractivity contribution in [3.8, 4) is 22.3 Å². The van der Waals surface area contributed by atoms with Gasteiger partial charge in [0, 0.05) is 42.6 Å². The van der Waals surface area contributed by atoms with Gasteiger partial charge in [-0.3, -0.25) is 0 Å². The van der Waals surface area contributed by atoms with Gasteiger partial charge in [-0.05, 0) is 132 Å². The Kier molecular flexibility index (Phi) is 5.79. The van der Waals surface area contributed by atoms with Crippen molar-refractivity contribution in [3.63, 3.8) is 0 Å². The first-order valence-electron chi connectivity index (χ1n) is 17.9. The van der Waals surface area contributed by atoms with Crippen molar-refractivity contribution in [1.29, 1.82) is 0 Å². The molecule has 12 rings (SSSR count). The second kappa shape index (κ2) is 10.2. The molecule has 0 amide bonds. The van der Waals surface area contributed by atoms with Gasteiger partial charge < -0.3 is 4.90 Å². The Morgan fingerprint density at radius 3 is 1.98 bits per heavy atom. The number of rotatable bonds is 4. The van der Waals surface area contributed by atoms with E-state index in [-0.39, 0.29) is 5.41 Å². The molecule has 4 fully saturated rings. The van der Waals surface area contributed by atoms with Gasteiger partial charge in [-0.2, -0.15) is 0 Å². The second-order valence-corrected chi connectivity index (χ2v) is 16.0. The molecule has 48 heavy (non-hydrogen) atoms. The van der Waals surface area contributed by atoms with Gasteiger partial charge in [0.1, 0.15) is 0 Å². The summed E-state index contributed by atoms with van der Waals surface area (Å²) in [6, 6.07) is 52.7. The SMILES string of the molecule is c1ccc(N(c2cccc(-c3cccc4c3sc3ccccc34)c2)c2ccc3c(c2)-c2ccccc2C32[C@H]3CC4C[C@H](C3)C[C@@H]2C4)cc1. The van der Waals surface area contributed by atoms with E-state index in [0.717, 1.165) is 23.7 Å². The largest absolute Gasteiger partial charge is 0.310 e. The number of nitrogens with zero attached hydrogens (tertiary/aromatic N) is 1. The summed E-state index contributed by atoms with van der Waals surface area (Å²) >= 11 is 1.90. The van der Waals surface area contributed by atoms with Crippen molar-refractivity contribution in [1.82, 2.24) is 0 Å². The van der Waals surface area contributed by atoms with E-state index in [1.807, 2.05) is 11.3 Å². The number of hydrogen-bond donors (Lipinski definition) is 0. The fraction of sp³-hybridized carbons (Fsp3) is 0.217. The predicted molar refractivity (Wildman–Crippen MR) is 203 cm³/mol. The number of thiophene rings is 1. The zero-order valence-corrected chi connectivity index (χ0v) is 27.8. The minimum atomic E-state index is 0.193. The van der Waals surface area contributed by atoms with Crippen LogP contribution < -0.4 is 4.90 Å². The summed E-state index contributed by atoms with van der Waals surface area (Å²) in [5, 5.41) is 2.69. The first kappa shape index (κ1) is 27.3. The maximum atomic E-state index is 2.55. The van der Waals surface area contributed by atoms with Crippen LogP contribution in [0.5, 0.6) is 0 Å². The fourth-order valence-corrected chi connectivity index (χ4v) is 12.3. The van der Waals surface area contributed by atoms with Crippen molar-refractivity contribution in [3.05, 3.63) is 151 Å². The summed E-state index contributed by atoms with van der Waals surface area (Å²) in [5.41, 5.74) is 12.5. The molecule has 0 N–H and O–H groups in total. The standard InChI is InChI=1S/C46H37NS/c1-2-11-34(12-3-1)47(35-13-8-10-31(27-35)37-16-9-17-40-39-15-5-7-19-44(39)48-45(37)40)36-20-21-43-41(28-36)38-14-4-6-18-42(38)46(43)32-23-29-22-30(25-32)26-33(46)24-29/h1-21,27-30,32-33H,22-26H2/t29-,30?,32-,33-,46?/m1/s1. The van der Waals surface area contributed by atoms with Crippen molar-refractivity contribution in [2.24, 2.45) is 23.7 Å². The molecule has 1 heterocycles. The summed E-state index contributed by atoms with van der Waals surface area (Å²) in [6.07, 6.45) is 7.14. The van der Waals surface area contributed by atoms with Crippen molar-refractivity contribution < 1.29 is 0 Å². The van der Waals surface area contributed by atoms with Gasteiger partial charge in [-0.15, -0.1) is 11.3 Å². The zero-order valence-electron chi connectivity index (χ0n) is 27.0. The van der Waals surface area contributed by atoms with Crippen molar-refractivity contribution in [2.45, 2.75) is 37.5 Å². The summed E-state index contributed by atoms with van der Waals surface area (Å²) < 4.78 is 2.70. The summed E-state index contributed by atoms with van der Waals surface area (Å²) in [5.74, 6) is 3.46. The molecule has 5 aliphatic rings. The summed E-state index contributed by atoms with van der Waals surface area (Å²) in [6.45, 7) is 0. The molecule has 4 saturated carbocycles. The van der Waals surface area contributed by atoms with Crippen LogP contribution in [0.15, 0.2) is 140 Å². The van der Waals surface area contributed by atoms with Crippen LogP contribution in [0.25, 0.3) is 42.4 Å². The van der Waals surface area contributed by atoms with E-state index in [4.69, 9.17) is 0 Å².